The van der Waals surface area contributed by atoms with Crippen molar-refractivity contribution in [2.75, 3.05) is 19.0 Å². The fraction of sp³-hybridized carbons (Fsp3) is 0.353. The Morgan fingerprint density at radius 1 is 1.38 bits per heavy atom. The summed E-state index contributed by atoms with van der Waals surface area (Å²) in [6.07, 6.45) is 0. The molecule has 1 atom stereocenters. The molecule has 128 valence electrons. The van der Waals surface area contributed by atoms with E-state index in [9.17, 15) is 9.90 Å². The van der Waals surface area contributed by atoms with Crippen LogP contribution in [-0.4, -0.2) is 34.7 Å². The molecule has 0 amide bonds. The van der Waals surface area contributed by atoms with Crippen molar-refractivity contribution in [3.63, 3.8) is 0 Å². The van der Waals surface area contributed by atoms with Crippen molar-refractivity contribution in [1.82, 2.24) is 9.97 Å². The summed E-state index contributed by atoms with van der Waals surface area (Å²) in [5.74, 6) is -0.154. The molecule has 0 aliphatic carbocycles. The quantitative estimate of drug-likeness (QED) is 0.807. The first-order chi connectivity index (χ1) is 11.2. The molecule has 1 unspecified atom stereocenters. The Hall–Kier alpha value is -2.18. The average molecular weight is 350 g/mol. The number of carbonyl (C=O) groups is 1. The molecule has 2 aromatic rings. The fourth-order valence-electron chi connectivity index (χ4n) is 2.16. The molecule has 2 rings (SSSR count). The van der Waals surface area contributed by atoms with Crippen molar-refractivity contribution in [3.8, 4) is 0 Å². The second-order valence-electron chi connectivity index (χ2n) is 5.74. The van der Waals surface area contributed by atoms with Crippen LogP contribution in [0.1, 0.15) is 34.4 Å². The van der Waals surface area contributed by atoms with Gasteiger partial charge in [-0.3, -0.25) is 0 Å². The first-order valence-electron chi connectivity index (χ1n) is 7.40. The number of hydrogen-bond donors (Lipinski definition) is 2. The summed E-state index contributed by atoms with van der Waals surface area (Å²) in [7, 11) is 1.28. The van der Waals surface area contributed by atoms with E-state index >= 15 is 0 Å². The largest absolute Gasteiger partial charge is 0.463 e. The Bertz CT molecular complexity index is 763. The van der Waals surface area contributed by atoms with Gasteiger partial charge >= 0.3 is 5.97 Å². The summed E-state index contributed by atoms with van der Waals surface area (Å²) in [6.45, 7) is 5.48. The first kappa shape index (κ1) is 18.2. The van der Waals surface area contributed by atoms with E-state index in [-0.39, 0.29) is 12.4 Å². The van der Waals surface area contributed by atoms with E-state index in [0.717, 1.165) is 5.56 Å². The molecule has 2 N–H and O–H groups in total. The number of methoxy groups -OCH3 is 1. The van der Waals surface area contributed by atoms with Crippen LogP contribution < -0.4 is 5.32 Å². The minimum absolute atomic E-state index is 0.0227. The third-order valence-corrected chi connectivity index (χ3v) is 4.04. The van der Waals surface area contributed by atoms with Crippen molar-refractivity contribution in [1.29, 1.82) is 0 Å². The normalized spacial score (nSPS) is 13.2. The average Bonchev–Trinajstić information content (AvgIpc) is 2.55. The zero-order valence-corrected chi connectivity index (χ0v) is 14.8. The van der Waals surface area contributed by atoms with E-state index in [2.05, 4.69) is 20.0 Å². The zero-order valence-electron chi connectivity index (χ0n) is 14.1. The monoisotopic (exact) mass is 349 g/mol. The number of carbonyl (C=O) groups excluding carboxylic acids is 1. The molecule has 0 fully saturated rings. The number of anilines is 1. The van der Waals surface area contributed by atoms with E-state index in [1.54, 1.807) is 38.1 Å². The second kappa shape index (κ2) is 7.15. The van der Waals surface area contributed by atoms with E-state index in [1.165, 1.54) is 7.11 Å². The number of aryl methyl sites for hydroxylation is 1. The number of hydrogen-bond acceptors (Lipinski definition) is 6. The maximum absolute atomic E-state index is 11.7. The minimum atomic E-state index is -1.17. The number of nitrogens with one attached hydrogen (secondary N) is 1. The number of ether oxygens (including phenoxy) is 1. The van der Waals surface area contributed by atoms with Crippen LogP contribution in [0.4, 0.5) is 5.82 Å². The Morgan fingerprint density at radius 2 is 2.08 bits per heavy atom. The van der Waals surface area contributed by atoms with Crippen molar-refractivity contribution >= 4 is 23.4 Å². The number of aliphatic hydroxyl groups is 1. The highest BCUT2D eigenvalue weighted by molar-refractivity contribution is 6.30. The summed E-state index contributed by atoms with van der Waals surface area (Å²) in [5, 5.41) is 14.3. The second-order valence-corrected chi connectivity index (χ2v) is 6.17. The summed E-state index contributed by atoms with van der Waals surface area (Å²) in [5.41, 5.74) is 0.973. The summed E-state index contributed by atoms with van der Waals surface area (Å²) in [4.78, 5) is 19.9. The van der Waals surface area contributed by atoms with Gasteiger partial charge in [0.25, 0.3) is 0 Å². The number of benzene rings is 1. The van der Waals surface area contributed by atoms with Crippen LogP contribution in [0.2, 0.25) is 5.02 Å². The van der Waals surface area contributed by atoms with E-state index in [1.807, 2.05) is 6.92 Å². The molecule has 0 saturated heterocycles. The highest BCUT2D eigenvalue weighted by Gasteiger charge is 2.24. The van der Waals surface area contributed by atoms with Gasteiger partial charge in [0.15, 0.2) is 0 Å². The van der Waals surface area contributed by atoms with Gasteiger partial charge in [-0.15, -0.1) is 0 Å². The molecule has 1 heterocycles. The van der Waals surface area contributed by atoms with Gasteiger partial charge in [0.2, 0.25) is 5.82 Å². The number of esters is 1. The molecule has 1 aromatic heterocycles. The van der Waals surface area contributed by atoms with Gasteiger partial charge in [0, 0.05) is 22.8 Å². The minimum Gasteiger partial charge on any atom is -0.463 e. The first-order valence-corrected chi connectivity index (χ1v) is 7.78. The molecule has 0 spiro atoms. The molecule has 0 aliphatic rings. The lowest BCUT2D eigenvalue weighted by Crippen LogP contribution is -2.31. The SMILES string of the molecule is COC(=O)c1nc(C)c(C)c(NCC(C)(O)c2cccc(Cl)c2)n1. The van der Waals surface area contributed by atoms with Crippen LogP contribution in [0.25, 0.3) is 0 Å². The molecule has 0 bridgehead atoms. The van der Waals surface area contributed by atoms with Crippen LogP contribution in [0.5, 0.6) is 0 Å². The van der Waals surface area contributed by atoms with Crippen LogP contribution in [0.15, 0.2) is 24.3 Å². The number of nitrogens with zero attached hydrogens (tertiary/aromatic N) is 2. The van der Waals surface area contributed by atoms with E-state index in [4.69, 9.17) is 11.6 Å². The molecule has 1 aromatic carbocycles. The predicted octanol–water partition coefficient (Wildman–Crippen LogP) is 2.85. The molecule has 0 saturated carbocycles. The molecule has 0 radical (unpaired) electrons. The molecular formula is C17H20ClN3O3. The fourth-order valence-corrected chi connectivity index (χ4v) is 2.36. The van der Waals surface area contributed by atoms with Crippen molar-refractivity contribution < 1.29 is 14.6 Å². The molecule has 24 heavy (non-hydrogen) atoms. The van der Waals surface area contributed by atoms with Gasteiger partial charge in [-0.2, -0.15) is 0 Å². The molecular weight excluding hydrogens is 330 g/mol. The van der Waals surface area contributed by atoms with Crippen molar-refractivity contribution in [2.45, 2.75) is 26.4 Å². The lowest BCUT2D eigenvalue weighted by atomic mass is 9.96. The highest BCUT2D eigenvalue weighted by Crippen LogP contribution is 2.25. The van der Waals surface area contributed by atoms with Crippen LogP contribution in [0, 0.1) is 13.8 Å². The Balaban J connectivity index is 2.25. The molecule has 6 nitrogen and oxygen atoms in total. The number of rotatable bonds is 5. The molecule has 0 aliphatic heterocycles. The van der Waals surface area contributed by atoms with Gasteiger partial charge < -0.3 is 15.2 Å². The summed E-state index contributed by atoms with van der Waals surface area (Å²) in [6, 6.07) is 7.03. The zero-order chi connectivity index (χ0) is 17.9. The van der Waals surface area contributed by atoms with Crippen LogP contribution in [-0.2, 0) is 10.3 Å². The maximum Gasteiger partial charge on any atom is 0.376 e. The van der Waals surface area contributed by atoms with E-state index < -0.39 is 11.6 Å². The predicted molar refractivity (Wildman–Crippen MR) is 92.4 cm³/mol. The van der Waals surface area contributed by atoms with Gasteiger partial charge in [0.1, 0.15) is 11.4 Å². The number of halogens is 1. The smallest absolute Gasteiger partial charge is 0.376 e. The van der Waals surface area contributed by atoms with Gasteiger partial charge in [-0.25, -0.2) is 14.8 Å². The Morgan fingerprint density at radius 3 is 2.71 bits per heavy atom. The lowest BCUT2D eigenvalue weighted by molar-refractivity contribution is 0.0586. The standard InChI is InChI=1S/C17H20ClN3O3/c1-10-11(2)20-15(16(22)24-4)21-14(10)19-9-17(3,23)12-6-5-7-13(18)8-12/h5-8,23H,9H2,1-4H3,(H,19,20,21). The van der Waals surface area contributed by atoms with Gasteiger partial charge in [-0.05, 0) is 38.5 Å². The topological polar surface area (TPSA) is 84.3 Å². The van der Waals surface area contributed by atoms with Crippen LogP contribution >= 0.6 is 11.6 Å². The molecule has 7 heteroatoms. The number of aromatic nitrogens is 2. The third-order valence-electron chi connectivity index (χ3n) is 3.80. The highest BCUT2D eigenvalue weighted by atomic mass is 35.5. The Labute approximate surface area is 145 Å². The van der Waals surface area contributed by atoms with Crippen molar-refractivity contribution in [3.05, 3.63) is 51.9 Å². The van der Waals surface area contributed by atoms with Crippen LogP contribution in [0.3, 0.4) is 0 Å². The third kappa shape index (κ3) is 4.01. The summed E-state index contributed by atoms with van der Waals surface area (Å²) >= 11 is 5.98. The Kier molecular flexibility index (Phi) is 5.41. The van der Waals surface area contributed by atoms with E-state index in [0.29, 0.717) is 22.1 Å². The van der Waals surface area contributed by atoms with Crippen molar-refractivity contribution in [2.24, 2.45) is 0 Å². The van der Waals surface area contributed by atoms with Gasteiger partial charge in [0.05, 0.1) is 7.11 Å². The summed E-state index contributed by atoms with van der Waals surface area (Å²) < 4.78 is 4.66. The van der Waals surface area contributed by atoms with Gasteiger partial charge in [-0.1, -0.05) is 23.7 Å². The maximum atomic E-state index is 11.7. The lowest BCUT2D eigenvalue weighted by Gasteiger charge is -2.25.